The summed E-state index contributed by atoms with van der Waals surface area (Å²) in [5, 5.41) is 12.0. The van der Waals surface area contributed by atoms with Gasteiger partial charge < -0.3 is 15.3 Å². The molecule has 2 atom stereocenters. The summed E-state index contributed by atoms with van der Waals surface area (Å²) in [5.74, 6) is -0.969. The quantitative estimate of drug-likeness (QED) is 0.623. The molecule has 2 aliphatic heterocycles. The fourth-order valence-electron chi connectivity index (χ4n) is 2.23. The van der Waals surface area contributed by atoms with Crippen molar-refractivity contribution >= 4 is 11.9 Å². The van der Waals surface area contributed by atoms with E-state index in [4.69, 9.17) is 5.11 Å². The van der Waals surface area contributed by atoms with Crippen LogP contribution in [0.25, 0.3) is 0 Å². The molecular formula is C9H14N2O3. The normalized spacial score (nSPS) is 31.7. The Balaban J connectivity index is 2.03. The molecule has 0 saturated carbocycles. The Hall–Kier alpha value is -1.10. The molecule has 14 heavy (non-hydrogen) atoms. The van der Waals surface area contributed by atoms with Crippen molar-refractivity contribution < 1.29 is 14.7 Å². The summed E-state index contributed by atoms with van der Waals surface area (Å²) in [6.45, 7) is 0.380. The smallest absolute Gasteiger partial charge is 0.323 e. The molecule has 0 aromatic carbocycles. The number of nitrogens with one attached hydrogen (secondary N) is 1. The van der Waals surface area contributed by atoms with E-state index in [-0.39, 0.29) is 18.5 Å². The lowest BCUT2D eigenvalue weighted by Crippen LogP contribution is -2.40. The fraction of sp³-hybridized carbons (Fsp3) is 0.778. The number of rotatable bonds is 2. The van der Waals surface area contributed by atoms with Crippen LogP contribution in [0, 0.1) is 0 Å². The number of carboxylic acid groups (broad SMARTS) is 1. The minimum Gasteiger partial charge on any atom is -0.480 e. The van der Waals surface area contributed by atoms with Crippen LogP contribution in [0.5, 0.6) is 0 Å². The van der Waals surface area contributed by atoms with Gasteiger partial charge >= 0.3 is 5.97 Å². The number of carboxylic acids is 1. The van der Waals surface area contributed by atoms with Gasteiger partial charge in [-0.3, -0.25) is 9.59 Å². The molecule has 2 saturated heterocycles. The van der Waals surface area contributed by atoms with Crippen LogP contribution in [-0.4, -0.2) is 47.1 Å². The van der Waals surface area contributed by atoms with E-state index in [1.165, 1.54) is 4.90 Å². The van der Waals surface area contributed by atoms with Crippen LogP contribution in [0.15, 0.2) is 0 Å². The summed E-state index contributed by atoms with van der Waals surface area (Å²) in [7, 11) is 0. The number of hydrogen-bond donors (Lipinski definition) is 2. The van der Waals surface area contributed by atoms with E-state index in [9.17, 15) is 9.59 Å². The average Bonchev–Trinajstić information content (AvgIpc) is 2.43. The third kappa shape index (κ3) is 1.87. The lowest BCUT2D eigenvalue weighted by molar-refractivity contribution is -0.144. The summed E-state index contributed by atoms with van der Waals surface area (Å²) in [6.07, 6.45) is 2.54. The van der Waals surface area contributed by atoms with Crippen LogP contribution in [-0.2, 0) is 9.59 Å². The highest BCUT2D eigenvalue weighted by Gasteiger charge is 2.33. The molecule has 0 aromatic rings. The zero-order valence-corrected chi connectivity index (χ0v) is 7.90. The van der Waals surface area contributed by atoms with Gasteiger partial charge in [0.1, 0.15) is 6.54 Å². The summed E-state index contributed by atoms with van der Waals surface area (Å²) >= 11 is 0. The maximum atomic E-state index is 11.6. The Labute approximate surface area is 82.1 Å². The monoisotopic (exact) mass is 198 g/mol. The highest BCUT2D eigenvalue weighted by Crippen LogP contribution is 2.20. The Morgan fingerprint density at radius 3 is 2.93 bits per heavy atom. The van der Waals surface area contributed by atoms with E-state index in [0.29, 0.717) is 19.0 Å². The Bertz CT molecular complexity index is 267. The van der Waals surface area contributed by atoms with Crippen molar-refractivity contribution in [1.82, 2.24) is 10.2 Å². The Morgan fingerprint density at radius 1 is 1.50 bits per heavy atom. The van der Waals surface area contributed by atoms with Crippen molar-refractivity contribution in [3.8, 4) is 0 Å². The summed E-state index contributed by atoms with van der Waals surface area (Å²) < 4.78 is 0. The molecule has 2 heterocycles. The standard InChI is InChI=1S/C9H14N2O3/c12-8-3-6-1-2-7(10-6)4-11(8)5-9(13)14/h6-7,10H,1-5H2,(H,13,14). The molecular weight excluding hydrogens is 184 g/mol. The van der Waals surface area contributed by atoms with Crippen LogP contribution < -0.4 is 5.32 Å². The zero-order valence-electron chi connectivity index (χ0n) is 7.90. The molecule has 0 radical (unpaired) electrons. The molecule has 1 amide bonds. The van der Waals surface area contributed by atoms with Crippen LogP contribution in [0.4, 0.5) is 0 Å². The second-order valence-corrected chi connectivity index (χ2v) is 4.01. The van der Waals surface area contributed by atoms with Crippen molar-refractivity contribution in [2.75, 3.05) is 13.1 Å². The molecule has 5 nitrogen and oxygen atoms in total. The third-order valence-corrected chi connectivity index (χ3v) is 2.88. The second-order valence-electron chi connectivity index (χ2n) is 4.01. The minimum atomic E-state index is -0.934. The summed E-state index contributed by atoms with van der Waals surface area (Å²) in [4.78, 5) is 23.5. The van der Waals surface area contributed by atoms with Crippen molar-refractivity contribution in [1.29, 1.82) is 0 Å². The van der Waals surface area contributed by atoms with Crippen molar-refractivity contribution in [2.45, 2.75) is 31.3 Å². The Morgan fingerprint density at radius 2 is 2.21 bits per heavy atom. The Kier molecular flexibility index (Phi) is 2.41. The molecule has 5 heteroatoms. The predicted octanol–water partition coefficient (Wildman–Crippen LogP) is -0.576. The van der Waals surface area contributed by atoms with Crippen molar-refractivity contribution in [3.05, 3.63) is 0 Å². The minimum absolute atomic E-state index is 0.0351. The van der Waals surface area contributed by atoms with Crippen LogP contribution in [0.1, 0.15) is 19.3 Å². The van der Waals surface area contributed by atoms with Gasteiger partial charge in [0, 0.05) is 25.0 Å². The summed E-state index contributed by atoms with van der Waals surface area (Å²) in [5.41, 5.74) is 0. The highest BCUT2D eigenvalue weighted by atomic mass is 16.4. The van der Waals surface area contributed by atoms with E-state index < -0.39 is 5.97 Å². The van der Waals surface area contributed by atoms with Gasteiger partial charge in [0.25, 0.3) is 0 Å². The first-order valence-corrected chi connectivity index (χ1v) is 4.91. The number of hydrogen-bond acceptors (Lipinski definition) is 3. The predicted molar refractivity (Wildman–Crippen MR) is 48.8 cm³/mol. The first-order chi connectivity index (χ1) is 6.65. The van der Waals surface area contributed by atoms with Gasteiger partial charge in [-0.2, -0.15) is 0 Å². The number of carbonyl (C=O) groups is 2. The van der Waals surface area contributed by atoms with Gasteiger partial charge in [-0.15, -0.1) is 0 Å². The molecule has 2 aliphatic rings. The van der Waals surface area contributed by atoms with Gasteiger partial charge in [-0.25, -0.2) is 0 Å². The van der Waals surface area contributed by atoms with E-state index in [1.54, 1.807) is 0 Å². The van der Waals surface area contributed by atoms with Gasteiger partial charge in [0.05, 0.1) is 0 Å². The van der Waals surface area contributed by atoms with Crippen LogP contribution >= 0.6 is 0 Å². The first kappa shape index (κ1) is 9.45. The molecule has 0 spiro atoms. The van der Waals surface area contributed by atoms with E-state index in [1.807, 2.05) is 0 Å². The number of fused-ring (bicyclic) bond motifs is 2. The average molecular weight is 198 g/mol. The largest absolute Gasteiger partial charge is 0.480 e. The molecule has 0 aromatic heterocycles. The maximum absolute atomic E-state index is 11.6. The molecule has 2 fully saturated rings. The molecule has 2 bridgehead atoms. The third-order valence-electron chi connectivity index (χ3n) is 2.88. The van der Waals surface area contributed by atoms with Gasteiger partial charge in [-0.05, 0) is 12.8 Å². The molecule has 2 rings (SSSR count). The number of nitrogens with zero attached hydrogens (tertiary/aromatic N) is 1. The lowest BCUT2D eigenvalue weighted by Gasteiger charge is -2.22. The molecule has 2 N–H and O–H groups in total. The maximum Gasteiger partial charge on any atom is 0.323 e. The molecule has 0 aliphatic carbocycles. The van der Waals surface area contributed by atoms with Crippen LogP contribution in [0.3, 0.4) is 0 Å². The van der Waals surface area contributed by atoms with Gasteiger partial charge in [0.2, 0.25) is 5.91 Å². The van der Waals surface area contributed by atoms with E-state index >= 15 is 0 Å². The van der Waals surface area contributed by atoms with E-state index in [0.717, 1.165) is 12.8 Å². The van der Waals surface area contributed by atoms with E-state index in [2.05, 4.69) is 5.32 Å². The topological polar surface area (TPSA) is 69.6 Å². The van der Waals surface area contributed by atoms with Crippen molar-refractivity contribution in [3.63, 3.8) is 0 Å². The van der Waals surface area contributed by atoms with Crippen molar-refractivity contribution in [2.24, 2.45) is 0 Å². The number of likely N-dealkylation sites (tertiary alicyclic amines) is 1. The van der Waals surface area contributed by atoms with Gasteiger partial charge in [-0.1, -0.05) is 0 Å². The molecule has 2 unspecified atom stereocenters. The highest BCUT2D eigenvalue weighted by molar-refractivity contribution is 5.82. The second kappa shape index (κ2) is 3.57. The SMILES string of the molecule is O=C(O)CN1CC2CCC(CC1=O)N2. The molecule has 78 valence electrons. The van der Waals surface area contributed by atoms with Crippen LogP contribution in [0.2, 0.25) is 0 Å². The first-order valence-electron chi connectivity index (χ1n) is 4.91. The number of amides is 1. The fourth-order valence-corrected chi connectivity index (χ4v) is 2.23. The zero-order chi connectivity index (χ0) is 10.1. The lowest BCUT2D eigenvalue weighted by atomic mass is 10.1. The summed E-state index contributed by atoms with van der Waals surface area (Å²) in [6, 6.07) is 0.567. The van der Waals surface area contributed by atoms with Gasteiger partial charge in [0.15, 0.2) is 0 Å². The number of aliphatic carboxylic acids is 1. The number of carbonyl (C=O) groups excluding carboxylic acids is 1.